The summed E-state index contributed by atoms with van der Waals surface area (Å²) in [5, 5.41) is 12.6. The van der Waals surface area contributed by atoms with Gasteiger partial charge in [-0.15, -0.1) is 0 Å². The van der Waals surface area contributed by atoms with E-state index in [9.17, 15) is 9.90 Å². The smallest absolute Gasteiger partial charge is 0.251 e. The van der Waals surface area contributed by atoms with Gasteiger partial charge in [-0.3, -0.25) is 4.79 Å². The molecule has 1 fully saturated rings. The number of fused-ring (bicyclic) bond motifs is 1. The highest BCUT2D eigenvalue weighted by Gasteiger charge is 2.22. The lowest BCUT2D eigenvalue weighted by Gasteiger charge is -2.26. The molecule has 3 rings (SSSR count). The maximum atomic E-state index is 12.3. The Morgan fingerprint density at radius 2 is 2.05 bits per heavy atom. The van der Waals surface area contributed by atoms with Crippen LogP contribution in [0.4, 0.5) is 5.69 Å². The van der Waals surface area contributed by atoms with E-state index in [4.69, 9.17) is 0 Å². The molecule has 108 valence electrons. The number of carbonyl (C=O) groups is 1. The number of amides is 1. The van der Waals surface area contributed by atoms with Crippen LogP contribution in [0.15, 0.2) is 18.2 Å². The number of carbonyl (C=O) groups excluding carboxylic acids is 1. The monoisotopic (exact) mass is 274 g/mol. The molecule has 0 radical (unpaired) electrons. The van der Waals surface area contributed by atoms with Crippen molar-refractivity contribution < 1.29 is 9.90 Å². The Hall–Kier alpha value is -1.55. The number of nitrogens with zero attached hydrogens (tertiary/aromatic N) is 1. The lowest BCUT2D eigenvalue weighted by Crippen LogP contribution is -2.38. The summed E-state index contributed by atoms with van der Waals surface area (Å²) < 4.78 is 0. The molecule has 1 aliphatic carbocycles. The Balaban J connectivity index is 1.66. The van der Waals surface area contributed by atoms with Crippen molar-refractivity contribution in [1.29, 1.82) is 0 Å². The normalized spacial score (nSPS) is 25.4. The van der Waals surface area contributed by atoms with Crippen molar-refractivity contribution in [2.45, 2.75) is 44.2 Å². The molecule has 4 nitrogen and oxygen atoms in total. The average Bonchev–Trinajstić information content (AvgIpc) is 2.82. The minimum absolute atomic E-state index is 0.0174. The van der Waals surface area contributed by atoms with Gasteiger partial charge in [0.1, 0.15) is 0 Å². The van der Waals surface area contributed by atoms with Crippen molar-refractivity contribution in [3.8, 4) is 0 Å². The van der Waals surface area contributed by atoms with Crippen molar-refractivity contribution in [1.82, 2.24) is 5.32 Å². The van der Waals surface area contributed by atoms with Gasteiger partial charge in [0.05, 0.1) is 6.10 Å². The van der Waals surface area contributed by atoms with Gasteiger partial charge >= 0.3 is 0 Å². The fourth-order valence-electron chi connectivity index (χ4n) is 3.20. The molecule has 1 heterocycles. The number of likely N-dealkylation sites (N-methyl/N-ethyl adjacent to an activating group) is 1. The van der Waals surface area contributed by atoms with Crippen LogP contribution >= 0.6 is 0 Å². The van der Waals surface area contributed by atoms with Crippen LogP contribution in [0.5, 0.6) is 0 Å². The molecule has 0 saturated heterocycles. The van der Waals surface area contributed by atoms with E-state index in [0.717, 1.165) is 44.2 Å². The molecule has 2 aliphatic rings. The van der Waals surface area contributed by atoms with Gasteiger partial charge < -0.3 is 15.3 Å². The second-order valence-corrected chi connectivity index (χ2v) is 5.99. The minimum Gasteiger partial charge on any atom is -0.393 e. The molecule has 2 N–H and O–H groups in total. The van der Waals surface area contributed by atoms with Gasteiger partial charge in [-0.2, -0.15) is 0 Å². The number of aliphatic hydroxyl groups is 1. The number of hydrogen-bond donors (Lipinski definition) is 2. The Bertz CT molecular complexity index is 507. The number of rotatable bonds is 2. The van der Waals surface area contributed by atoms with Gasteiger partial charge in [0, 0.05) is 30.9 Å². The third kappa shape index (κ3) is 2.66. The summed E-state index contributed by atoms with van der Waals surface area (Å²) in [4.78, 5) is 14.5. The summed E-state index contributed by atoms with van der Waals surface area (Å²) >= 11 is 0. The minimum atomic E-state index is -0.182. The zero-order valence-corrected chi connectivity index (χ0v) is 11.9. The molecule has 0 aromatic heterocycles. The molecule has 0 bridgehead atoms. The largest absolute Gasteiger partial charge is 0.393 e. The topological polar surface area (TPSA) is 52.6 Å². The molecule has 1 aromatic carbocycles. The highest BCUT2D eigenvalue weighted by atomic mass is 16.3. The Morgan fingerprint density at radius 3 is 2.80 bits per heavy atom. The third-order valence-electron chi connectivity index (χ3n) is 4.50. The summed E-state index contributed by atoms with van der Waals surface area (Å²) in [6, 6.07) is 6.18. The summed E-state index contributed by atoms with van der Waals surface area (Å²) in [6.07, 6.45) is 4.17. The maximum Gasteiger partial charge on any atom is 0.251 e. The van der Waals surface area contributed by atoms with Crippen LogP contribution in [0, 0.1) is 0 Å². The zero-order valence-electron chi connectivity index (χ0n) is 11.9. The summed E-state index contributed by atoms with van der Waals surface area (Å²) in [7, 11) is 2.08. The van der Waals surface area contributed by atoms with Crippen LogP contribution in [-0.4, -0.2) is 36.8 Å². The molecule has 1 aliphatic heterocycles. The quantitative estimate of drug-likeness (QED) is 0.863. The van der Waals surface area contributed by atoms with Crippen LogP contribution in [0.25, 0.3) is 0 Å². The summed E-state index contributed by atoms with van der Waals surface area (Å²) in [6.45, 7) is 1.03. The van der Waals surface area contributed by atoms with Crippen LogP contribution in [0.2, 0.25) is 0 Å². The molecule has 1 aromatic rings. The van der Waals surface area contributed by atoms with Crippen LogP contribution < -0.4 is 10.2 Å². The number of nitrogens with one attached hydrogen (secondary N) is 1. The van der Waals surface area contributed by atoms with Gasteiger partial charge in [0.15, 0.2) is 0 Å². The first kappa shape index (κ1) is 13.4. The molecule has 1 amide bonds. The summed E-state index contributed by atoms with van der Waals surface area (Å²) in [5.41, 5.74) is 3.26. The number of benzene rings is 1. The SMILES string of the molecule is CN1CCc2cc(C(=O)NC3CCC(O)CC3)ccc21. The van der Waals surface area contributed by atoms with Gasteiger partial charge in [-0.05, 0) is 55.9 Å². The van der Waals surface area contributed by atoms with Crippen molar-refractivity contribution in [2.24, 2.45) is 0 Å². The van der Waals surface area contributed by atoms with Gasteiger partial charge in [-0.25, -0.2) is 0 Å². The standard InChI is InChI=1S/C16H22N2O2/c1-18-9-8-11-10-12(2-7-15(11)18)16(20)17-13-3-5-14(19)6-4-13/h2,7,10,13-14,19H,3-6,8-9H2,1H3,(H,17,20). The molecule has 1 saturated carbocycles. The van der Waals surface area contributed by atoms with E-state index in [1.54, 1.807) is 0 Å². The molecule has 0 atom stereocenters. The molecule has 4 heteroatoms. The number of anilines is 1. The first-order valence-corrected chi connectivity index (χ1v) is 7.46. The lowest BCUT2D eigenvalue weighted by atomic mass is 9.93. The predicted molar refractivity (Wildman–Crippen MR) is 79.1 cm³/mol. The molecular formula is C16H22N2O2. The van der Waals surface area contributed by atoms with Crippen molar-refractivity contribution in [3.05, 3.63) is 29.3 Å². The van der Waals surface area contributed by atoms with Crippen LogP contribution in [0.3, 0.4) is 0 Å². The van der Waals surface area contributed by atoms with Crippen molar-refractivity contribution in [2.75, 3.05) is 18.5 Å². The molecule has 20 heavy (non-hydrogen) atoms. The highest BCUT2D eigenvalue weighted by molar-refractivity contribution is 5.95. The first-order valence-electron chi connectivity index (χ1n) is 7.46. The predicted octanol–water partition coefficient (Wildman–Crippen LogP) is 1.71. The van der Waals surface area contributed by atoms with E-state index in [2.05, 4.69) is 17.3 Å². The molecule has 0 unspecified atom stereocenters. The summed E-state index contributed by atoms with van der Waals surface area (Å²) in [5.74, 6) is 0.0174. The van der Waals surface area contributed by atoms with Gasteiger partial charge in [0.25, 0.3) is 5.91 Å². The van der Waals surface area contributed by atoms with Crippen molar-refractivity contribution >= 4 is 11.6 Å². The highest BCUT2D eigenvalue weighted by Crippen LogP contribution is 2.27. The second kappa shape index (κ2) is 5.44. The number of aliphatic hydroxyl groups excluding tert-OH is 1. The zero-order chi connectivity index (χ0) is 14.1. The fourth-order valence-corrected chi connectivity index (χ4v) is 3.20. The van der Waals surface area contributed by atoms with Crippen LogP contribution in [0.1, 0.15) is 41.6 Å². The van der Waals surface area contributed by atoms with E-state index >= 15 is 0 Å². The fraction of sp³-hybridized carbons (Fsp3) is 0.562. The Morgan fingerprint density at radius 1 is 1.30 bits per heavy atom. The average molecular weight is 274 g/mol. The maximum absolute atomic E-state index is 12.3. The van der Waals surface area contributed by atoms with Gasteiger partial charge in [0.2, 0.25) is 0 Å². The third-order valence-corrected chi connectivity index (χ3v) is 4.50. The Kier molecular flexibility index (Phi) is 3.66. The van der Waals surface area contributed by atoms with E-state index in [1.807, 2.05) is 18.2 Å². The van der Waals surface area contributed by atoms with E-state index < -0.39 is 0 Å². The van der Waals surface area contributed by atoms with Gasteiger partial charge in [-0.1, -0.05) is 0 Å². The number of hydrogen-bond acceptors (Lipinski definition) is 3. The molecular weight excluding hydrogens is 252 g/mol. The Labute approximate surface area is 119 Å². The lowest BCUT2D eigenvalue weighted by molar-refractivity contribution is 0.0867. The van der Waals surface area contributed by atoms with E-state index in [0.29, 0.717) is 0 Å². The first-order chi connectivity index (χ1) is 9.63. The molecule has 0 spiro atoms. The van der Waals surface area contributed by atoms with Crippen LogP contribution in [-0.2, 0) is 6.42 Å². The van der Waals surface area contributed by atoms with E-state index in [-0.39, 0.29) is 18.1 Å². The van der Waals surface area contributed by atoms with Crippen molar-refractivity contribution in [3.63, 3.8) is 0 Å². The van der Waals surface area contributed by atoms with E-state index in [1.165, 1.54) is 11.3 Å². The second-order valence-electron chi connectivity index (χ2n) is 5.99.